The van der Waals surface area contributed by atoms with Crippen LogP contribution in [0, 0.1) is 0 Å². The molecule has 0 saturated heterocycles. The lowest BCUT2D eigenvalue weighted by Gasteiger charge is -2.15. The standard InChI is InChI=1S/C63H120O5/c1-3-5-7-9-11-13-15-17-19-21-23-25-27-29-30-31-32-34-35-37-39-41-43-45-47-49-51-53-55-57-62(65)67-60-61(59-64)68-63(66)58-56-54-52-50-48-46-44-42-40-38-36-33-28-26-24-22-20-18-16-14-12-10-8-6-4-2/h16,18,22,24,61,64H,3-15,17,19-21,23,25-60H2,1-2H3/b18-16-,24-22-. The lowest BCUT2D eigenvalue weighted by molar-refractivity contribution is -0.161. The molecule has 0 aromatic heterocycles. The summed E-state index contributed by atoms with van der Waals surface area (Å²) >= 11 is 0. The van der Waals surface area contributed by atoms with E-state index in [0.717, 1.165) is 38.5 Å². The van der Waals surface area contributed by atoms with Crippen LogP contribution in [0.1, 0.15) is 348 Å². The van der Waals surface area contributed by atoms with E-state index in [2.05, 4.69) is 38.2 Å². The molecule has 1 N–H and O–H groups in total. The maximum Gasteiger partial charge on any atom is 0.306 e. The van der Waals surface area contributed by atoms with Gasteiger partial charge in [0.05, 0.1) is 6.61 Å². The van der Waals surface area contributed by atoms with Crippen molar-refractivity contribution >= 4 is 11.9 Å². The number of allylic oxidation sites excluding steroid dienone is 4. The smallest absolute Gasteiger partial charge is 0.306 e. The van der Waals surface area contributed by atoms with Crippen LogP contribution in [0.5, 0.6) is 0 Å². The summed E-state index contributed by atoms with van der Waals surface area (Å²) in [6.07, 6.45) is 76.1. The second-order valence-corrected chi connectivity index (χ2v) is 21.1. The Bertz CT molecular complexity index is 1040. The van der Waals surface area contributed by atoms with E-state index in [9.17, 15) is 14.7 Å². The van der Waals surface area contributed by atoms with Crippen molar-refractivity contribution in [1.82, 2.24) is 0 Å². The fourth-order valence-corrected chi connectivity index (χ4v) is 9.59. The van der Waals surface area contributed by atoms with Gasteiger partial charge in [0.1, 0.15) is 6.61 Å². The molecule has 0 heterocycles. The Morgan fingerprint density at radius 1 is 0.338 bits per heavy atom. The molecule has 1 unspecified atom stereocenters. The second-order valence-electron chi connectivity index (χ2n) is 21.1. The second kappa shape index (κ2) is 59.7. The van der Waals surface area contributed by atoms with E-state index in [4.69, 9.17) is 9.47 Å². The molecule has 0 aromatic rings. The number of hydrogen-bond donors (Lipinski definition) is 1. The number of hydrogen-bond acceptors (Lipinski definition) is 5. The van der Waals surface area contributed by atoms with Gasteiger partial charge in [-0.05, 0) is 44.9 Å². The van der Waals surface area contributed by atoms with Crippen LogP contribution in [0.15, 0.2) is 24.3 Å². The van der Waals surface area contributed by atoms with Gasteiger partial charge in [-0.3, -0.25) is 9.59 Å². The summed E-state index contributed by atoms with van der Waals surface area (Å²) < 4.78 is 10.7. The van der Waals surface area contributed by atoms with Gasteiger partial charge in [-0.2, -0.15) is 0 Å². The first kappa shape index (κ1) is 66.4. The molecule has 0 aliphatic heterocycles. The Labute approximate surface area is 425 Å². The Kier molecular flexibility index (Phi) is 58.3. The van der Waals surface area contributed by atoms with Gasteiger partial charge in [0.15, 0.2) is 6.10 Å². The summed E-state index contributed by atoms with van der Waals surface area (Å²) in [6.45, 7) is 4.19. The number of unbranched alkanes of at least 4 members (excludes halogenated alkanes) is 46. The molecule has 0 fully saturated rings. The first-order chi connectivity index (χ1) is 33.6. The van der Waals surface area contributed by atoms with Crippen LogP contribution in [0.4, 0.5) is 0 Å². The lowest BCUT2D eigenvalue weighted by atomic mass is 10.0. The summed E-state index contributed by atoms with van der Waals surface area (Å²) in [7, 11) is 0. The number of esters is 2. The molecule has 0 saturated carbocycles. The van der Waals surface area contributed by atoms with Crippen molar-refractivity contribution < 1.29 is 24.2 Å². The van der Waals surface area contributed by atoms with Gasteiger partial charge < -0.3 is 14.6 Å². The fraction of sp³-hybridized carbons (Fsp3) is 0.905. The number of carbonyl (C=O) groups excluding carboxylic acids is 2. The zero-order valence-electron chi connectivity index (χ0n) is 46.2. The molecule has 0 spiro atoms. The number of aliphatic hydroxyl groups excluding tert-OH is 1. The molecule has 0 radical (unpaired) electrons. The predicted molar refractivity (Wildman–Crippen MR) is 298 cm³/mol. The van der Waals surface area contributed by atoms with Gasteiger partial charge in [0.25, 0.3) is 0 Å². The highest BCUT2D eigenvalue weighted by atomic mass is 16.6. The molecule has 0 aromatic carbocycles. The van der Waals surface area contributed by atoms with Crippen molar-refractivity contribution in [3.63, 3.8) is 0 Å². The molecule has 402 valence electrons. The molecule has 68 heavy (non-hydrogen) atoms. The highest BCUT2D eigenvalue weighted by molar-refractivity contribution is 5.70. The maximum atomic E-state index is 12.3. The van der Waals surface area contributed by atoms with Gasteiger partial charge in [-0.15, -0.1) is 0 Å². The largest absolute Gasteiger partial charge is 0.462 e. The molecule has 0 bridgehead atoms. The maximum absolute atomic E-state index is 12.3. The molecule has 0 aliphatic carbocycles. The first-order valence-corrected chi connectivity index (χ1v) is 30.9. The number of carbonyl (C=O) groups is 2. The van der Waals surface area contributed by atoms with E-state index in [1.807, 2.05) is 0 Å². The Hall–Kier alpha value is -1.62. The average Bonchev–Trinajstić information content (AvgIpc) is 3.34. The summed E-state index contributed by atoms with van der Waals surface area (Å²) in [5, 5.41) is 9.67. The normalized spacial score (nSPS) is 12.2. The zero-order valence-corrected chi connectivity index (χ0v) is 46.2. The minimum absolute atomic E-state index is 0.0596. The third-order valence-corrected chi connectivity index (χ3v) is 14.2. The molecular formula is C63H120O5. The Morgan fingerprint density at radius 2 is 0.588 bits per heavy atom. The van der Waals surface area contributed by atoms with Gasteiger partial charge in [-0.1, -0.05) is 314 Å². The van der Waals surface area contributed by atoms with Gasteiger partial charge in [0.2, 0.25) is 0 Å². The topological polar surface area (TPSA) is 72.8 Å². The molecule has 0 amide bonds. The van der Waals surface area contributed by atoms with Crippen LogP contribution in [0.25, 0.3) is 0 Å². The average molecular weight is 958 g/mol. The highest BCUT2D eigenvalue weighted by Gasteiger charge is 2.16. The van der Waals surface area contributed by atoms with Crippen molar-refractivity contribution in [2.45, 2.75) is 354 Å². The monoisotopic (exact) mass is 957 g/mol. The van der Waals surface area contributed by atoms with Crippen LogP contribution in [-0.2, 0) is 19.1 Å². The zero-order chi connectivity index (χ0) is 49.2. The van der Waals surface area contributed by atoms with E-state index >= 15 is 0 Å². The number of rotatable bonds is 58. The molecule has 1 atom stereocenters. The van der Waals surface area contributed by atoms with Gasteiger partial charge in [0, 0.05) is 12.8 Å². The van der Waals surface area contributed by atoms with E-state index < -0.39 is 6.10 Å². The van der Waals surface area contributed by atoms with Crippen LogP contribution < -0.4 is 0 Å². The highest BCUT2D eigenvalue weighted by Crippen LogP contribution is 2.18. The Balaban J connectivity index is 3.40. The summed E-state index contributed by atoms with van der Waals surface area (Å²) in [4.78, 5) is 24.6. The summed E-state index contributed by atoms with van der Waals surface area (Å²) in [5.41, 5.74) is 0. The van der Waals surface area contributed by atoms with E-state index in [0.29, 0.717) is 12.8 Å². The van der Waals surface area contributed by atoms with Crippen molar-refractivity contribution in [2.75, 3.05) is 13.2 Å². The van der Waals surface area contributed by atoms with Gasteiger partial charge >= 0.3 is 11.9 Å². The van der Waals surface area contributed by atoms with Gasteiger partial charge in [-0.25, -0.2) is 0 Å². The van der Waals surface area contributed by atoms with Crippen LogP contribution in [-0.4, -0.2) is 36.4 Å². The molecule has 0 rings (SSSR count). The SMILES string of the molecule is CCCCCCC/C=C\C/C=C\CCCCCCCCCCCCCCCC(=O)OC(CO)COC(=O)CCCCCCCCCCCCCCCCCCCCCCCCCCCCCCC. The molecule has 5 heteroatoms. The van der Waals surface area contributed by atoms with Crippen LogP contribution in [0.2, 0.25) is 0 Å². The van der Waals surface area contributed by atoms with Crippen LogP contribution >= 0.6 is 0 Å². The van der Waals surface area contributed by atoms with E-state index in [1.54, 1.807) is 0 Å². The predicted octanol–water partition coefficient (Wildman–Crippen LogP) is 20.9. The summed E-state index contributed by atoms with van der Waals surface area (Å²) in [5.74, 6) is -0.570. The Morgan fingerprint density at radius 3 is 0.868 bits per heavy atom. The van der Waals surface area contributed by atoms with E-state index in [-0.39, 0.29) is 25.2 Å². The van der Waals surface area contributed by atoms with Crippen molar-refractivity contribution in [3.8, 4) is 0 Å². The number of aliphatic hydroxyl groups is 1. The molecular weight excluding hydrogens is 837 g/mol. The lowest BCUT2D eigenvalue weighted by Crippen LogP contribution is -2.28. The van der Waals surface area contributed by atoms with Crippen molar-refractivity contribution in [2.24, 2.45) is 0 Å². The van der Waals surface area contributed by atoms with Crippen molar-refractivity contribution in [1.29, 1.82) is 0 Å². The molecule has 5 nitrogen and oxygen atoms in total. The quantitative estimate of drug-likeness (QED) is 0.0374. The third kappa shape index (κ3) is 57.0. The fourth-order valence-electron chi connectivity index (χ4n) is 9.59. The minimum atomic E-state index is -0.769. The minimum Gasteiger partial charge on any atom is -0.462 e. The first-order valence-electron chi connectivity index (χ1n) is 30.9. The third-order valence-electron chi connectivity index (χ3n) is 14.2. The van der Waals surface area contributed by atoms with Crippen molar-refractivity contribution in [3.05, 3.63) is 24.3 Å². The van der Waals surface area contributed by atoms with Crippen LogP contribution in [0.3, 0.4) is 0 Å². The van der Waals surface area contributed by atoms with E-state index in [1.165, 1.54) is 283 Å². The number of ether oxygens (including phenoxy) is 2. The summed E-state index contributed by atoms with van der Waals surface area (Å²) in [6, 6.07) is 0. The molecule has 0 aliphatic rings.